The maximum absolute atomic E-state index is 12.7. The molecule has 0 aromatic heterocycles. The first-order valence-electron chi connectivity index (χ1n) is 9.44. The van der Waals surface area contributed by atoms with E-state index in [4.69, 9.17) is 10.2 Å². The van der Waals surface area contributed by atoms with E-state index in [0.29, 0.717) is 13.0 Å². The molecule has 30 heavy (non-hydrogen) atoms. The van der Waals surface area contributed by atoms with Gasteiger partial charge in [-0.2, -0.15) is 12.6 Å². The van der Waals surface area contributed by atoms with Gasteiger partial charge >= 0.3 is 11.9 Å². The minimum Gasteiger partial charge on any atom is -0.481 e. The number of carboxylic acid groups (broad SMARTS) is 2. The number of aliphatic hydroxyl groups excluding tert-OH is 1. The molecule has 1 rings (SSSR count). The number of aliphatic carboxylic acids is 2. The van der Waals surface area contributed by atoms with Crippen LogP contribution in [0.3, 0.4) is 0 Å². The van der Waals surface area contributed by atoms with Crippen LogP contribution in [0.2, 0.25) is 0 Å². The third kappa shape index (κ3) is 8.16. The van der Waals surface area contributed by atoms with E-state index in [0.717, 1.165) is 6.42 Å². The van der Waals surface area contributed by atoms with Crippen molar-refractivity contribution in [1.29, 1.82) is 0 Å². The first-order chi connectivity index (χ1) is 14.1. The SMILES string of the molecule is CC(O)C(NC(=O)C(CCC(=O)O)NC(=O)C1CCCN1)C(=O)NC(CS)C(=O)O. The molecule has 5 unspecified atom stereocenters. The lowest BCUT2D eigenvalue weighted by molar-refractivity contribution is -0.142. The van der Waals surface area contributed by atoms with Crippen LogP contribution < -0.4 is 21.3 Å². The number of hydrogen-bond acceptors (Lipinski definition) is 8. The first kappa shape index (κ1) is 25.7. The summed E-state index contributed by atoms with van der Waals surface area (Å²) in [6, 6.07) is -4.62. The fourth-order valence-electron chi connectivity index (χ4n) is 2.82. The van der Waals surface area contributed by atoms with Gasteiger partial charge in [0, 0.05) is 12.2 Å². The Labute approximate surface area is 178 Å². The average Bonchev–Trinajstić information content (AvgIpc) is 3.21. The third-order valence-electron chi connectivity index (χ3n) is 4.52. The van der Waals surface area contributed by atoms with Gasteiger partial charge < -0.3 is 36.6 Å². The van der Waals surface area contributed by atoms with Crippen LogP contribution in [0.1, 0.15) is 32.6 Å². The van der Waals surface area contributed by atoms with Crippen molar-refractivity contribution in [3.63, 3.8) is 0 Å². The molecule has 0 aromatic carbocycles. The number of rotatable bonds is 12. The molecule has 0 aromatic rings. The number of aliphatic hydroxyl groups is 1. The van der Waals surface area contributed by atoms with Gasteiger partial charge in [0.1, 0.15) is 18.1 Å². The standard InChI is InChI=1S/C17H28N4O8S/c1-8(22)13(16(27)20-11(7-30)17(28)29)21-15(26)10(4-5-12(23)24)19-14(25)9-3-2-6-18-9/h8-11,13,18,22,30H,2-7H2,1H3,(H,19,25)(H,20,27)(H,21,26)(H,23,24)(H,28,29). The van der Waals surface area contributed by atoms with Gasteiger partial charge in [0.2, 0.25) is 17.7 Å². The molecule has 1 heterocycles. The number of carbonyl (C=O) groups excluding carboxylic acids is 3. The quantitative estimate of drug-likeness (QED) is 0.148. The fraction of sp³-hybridized carbons (Fsp3) is 0.706. The van der Waals surface area contributed by atoms with E-state index in [1.165, 1.54) is 6.92 Å². The summed E-state index contributed by atoms with van der Waals surface area (Å²) in [7, 11) is 0. The zero-order valence-corrected chi connectivity index (χ0v) is 17.4. The molecule has 12 nitrogen and oxygen atoms in total. The van der Waals surface area contributed by atoms with Gasteiger partial charge in [-0.25, -0.2) is 4.79 Å². The minimum absolute atomic E-state index is 0.215. The summed E-state index contributed by atoms with van der Waals surface area (Å²) < 4.78 is 0. The Hall–Kier alpha value is -2.38. The van der Waals surface area contributed by atoms with Crippen LogP contribution in [-0.2, 0) is 24.0 Å². The number of carbonyl (C=O) groups is 5. The summed E-state index contributed by atoms with van der Waals surface area (Å²) in [6.45, 7) is 1.86. The van der Waals surface area contributed by atoms with Gasteiger partial charge in [-0.05, 0) is 32.7 Å². The van der Waals surface area contributed by atoms with E-state index in [-0.39, 0.29) is 12.2 Å². The predicted octanol–water partition coefficient (Wildman–Crippen LogP) is -2.55. The second-order valence-electron chi connectivity index (χ2n) is 6.95. The van der Waals surface area contributed by atoms with Crippen molar-refractivity contribution >= 4 is 42.3 Å². The molecule has 1 aliphatic rings. The molecule has 0 saturated carbocycles. The monoisotopic (exact) mass is 448 g/mol. The topological polar surface area (TPSA) is 194 Å². The fourth-order valence-corrected chi connectivity index (χ4v) is 3.07. The van der Waals surface area contributed by atoms with Crippen LogP contribution in [0.4, 0.5) is 0 Å². The zero-order chi connectivity index (χ0) is 22.8. The largest absolute Gasteiger partial charge is 0.481 e. The lowest BCUT2D eigenvalue weighted by atomic mass is 10.1. The summed E-state index contributed by atoms with van der Waals surface area (Å²) >= 11 is 3.82. The van der Waals surface area contributed by atoms with E-state index in [1.807, 2.05) is 0 Å². The summed E-state index contributed by atoms with van der Waals surface area (Å²) in [6.07, 6.45) is -0.691. The van der Waals surface area contributed by atoms with Crippen LogP contribution in [0, 0.1) is 0 Å². The Morgan fingerprint density at radius 1 is 1.07 bits per heavy atom. The molecule has 0 bridgehead atoms. The van der Waals surface area contributed by atoms with Crippen LogP contribution in [0.15, 0.2) is 0 Å². The lowest BCUT2D eigenvalue weighted by Crippen LogP contribution is -2.60. The molecule has 1 aliphatic heterocycles. The van der Waals surface area contributed by atoms with Gasteiger partial charge in [0.05, 0.1) is 12.1 Å². The molecular formula is C17H28N4O8S. The second-order valence-corrected chi connectivity index (χ2v) is 7.32. The molecule has 13 heteroatoms. The number of nitrogens with one attached hydrogen (secondary N) is 4. The Kier molecular flexibility index (Phi) is 10.6. The Morgan fingerprint density at radius 2 is 1.73 bits per heavy atom. The first-order valence-corrected chi connectivity index (χ1v) is 10.1. The molecule has 170 valence electrons. The Balaban J connectivity index is 2.87. The zero-order valence-electron chi connectivity index (χ0n) is 16.5. The second kappa shape index (κ2) is 12.3. The molecule has 5 atom stereocenters. The average molecular weight is 448 g/mol. The van der Waals surface area contributed by atoms with Crippen molar-refractivity contribution < 1.29 is 39.3 Å². The molecule has 3 amide bonds. The van der Waals surface area contributed by atoms with Gasteiger partial charge in [0.25, 0.3) is 0 Å². The maximum atomic E-state index is 12.7. The van der Waals surface area contributed by atoms with Crippen molar-refractivity contribution in [2.24, 2.45) is 0 Å². The summed E-state index contributed by atoms with van der Waals surface area (Å²) in [5.74, 6) is -5.04. The van der Waals surface area contributed by atoms with Crippen LogP contribution in [0.5, 0.6) is 0 Å². The number of carboxylic acids is 2. The molecule has 1 saturated heterocycles. The predicted molar refractivity (Wildman–Crippen MR) is 107 cm³/mol. The highest BCUT2D eigenvalue weighted by molar-refractivity contribution is 7.80. The van der Waals surface area contributed by atoms with Gasteiger partial charge in [-0.1, -0.05) is 0 Å². The highest BCUT2D eigenvalue weighted by atomic mass is 32.1. The van der Waals surface area contributed by atoms with Crippen LogP contribution in [-0.4, -0.2) is 87.5 Å². The van der Waals surface area contributed by atoms with E-state index in [1.54, 1.807) is 0 Å². The normalized spacial score (nSPS) is 19.8. The maximum Gasteiger partial charge on any atom is 0.327 e. The number of amides is 3. The van der Waals surface area contributed by atoms with Gasteiger partial charge in [0.15, 0.2) is 0 Å². The van der Waals surface area contributed by atoms with E-state index in [2.05, 4.69) is 33.9 Å². The molecule has 0 spiro atoms. The summed E-state index contributed by atoms with van der Waals surface area (Å²) in [5.41, 5.74) is 0. The third-order valence-corrected chi connectivity index (χ3v) is 4.88. The van der Waals surface area contributed by atoms with Gasteiger partial charge in [-0.15, -0.1) is 0 Å². The Morgan fingerprint density at radius 3 is 2.20 bits per heavy atom. The van der Waals surface area contributed by atoms with Gasteiger partial charge in [-0.3, -0.25) is 19.2 Å². The highest BCUT2D eigenvalue weighted by Crippen LogP contribution is 2.07. The van der Waals surface area contributed by atoms with Crippen LogP contribution >= 0.6 is 12.6 Å². The molecule has 1 fully saturated rings. The molecular weight excluding hydrogens is 420 g/mol. The highest BCUT2D eigenvalue weighted by Gasteiger charge is 2.33. The van der Waals surface area contributed by atoms with E-state index < -0.39 is 66.4 Å². The molecule has 0 aliphatic carbocycles. The number of hydrogen-bond donors (Lipinski definition) is 8. The Bertz CT molecular complexity index is 654. The lowest BCUT2D eigenvalue weighted by Gasteiger charge is -2.26. The summed E-state index contributed by atoms with van der Waals surface area (Å²) in [5, 5.41) is 37.6. The summed E-state index contributed by atoms with van der Waals surface area (Å²) in [4.78, 5) is 59.3. The molecule has 0 radical (unpaired) electrons. The molecule has 7 N–H and O–H groups in total. The van der Waals surface area contributed by atoms with Crippen molar-refractivity contribution in [1.82, 2.24) is 21.3 Å². The van der Waals surface area contributed by atoms with Crippen molar-refractivity contribution in [3.05, 3.63) is 0 Å². The van der Waals surface area contributed by atoms with E-state index >= 15 is 0 Å². The smallest absolute Gasteiger partial charge is 0.327 e. The van der Waals surface area contributed by atoms with Crippen molar-refractivity contribution in [2.45, 2.75) is 62.9 Å². The number of thiol groups is 1. The van der Waals surface area contributed by atoms with Crippen molar-refractivity contribution in [2.75, 3.05) is 12.3 Å². The minimum atomic E-state index is -1.52. The van der Waals surface area contributed by atoms with E-state index in [9.17, 15) is 29.1 Å². The van der Waals surface area contributed by atoms with Crippen molar-refractivity contribution in [3.8, 4) is 0 Å². The van der Waals surface area contributed by atoms with Crippen LogP contribution in [0.25, 0.3) is 0 Å².